The van der Waals surface area contributed by atoms with Crippen molar-refractivity contribution in [3.05, 3.63) is 23.0 Å². The Labute approximate surface area is 139 Å². The van der Waals surface area contributed by atoms with Crippen molar-refractivity contribution in [2.75, 3.05) is 7.11 Å². The van der Waals surface area contributed by atoms with Crippen molar-refractivity contribution >= 4 is 17.8 Å². The monoisotopic (exact) mass is 334 g/mol. The third-order valence-corrected chi connectivity index (χ3v) is 4.89. The minimum atomic E-state index is -0.651. The molecule has 24 heavy (non-hydrogen) atoms. The fourth-order valence-corrected chi connectivity index (χ4v) is 4.16. The van der Waals surface area contributed by atoms with Crippen LogP contribution in [-0.2, 0) is 19.1 Å². The van der Waals surface area contributed by atoms with Crippen LogP contribution in [0.1, 0.15) is 60.6 Å². The highest BCUT2D eigenvalue weighted by molar-refractivity contribution is 5.93. The Balaban J connectivity index is 2.01. The number of hydrogen-bond donors (Lipinski definition) is 2. The van der Waals surface area contributed by atoms with Crippen LogP contribution in [0.3, 0.4) is 0 Å². The molecule has 0 aromatic carbocycles. The molecule has 1 aromatic heterocycles. The van der Waals surface area contributed by atoms with Crippen molar-refractivity contribution in [1.82, 2.24) is 4.98 Å². The zero-order valence-electron chi connectivity index (χ0n) is 14.2. The van der Waals surface area contributed by atoms with E-state index < -0.39 is 35.3 Å². The predicted octanol–water partition coefficient (Wildman–Crippen LogP) is 1.45. The third kappa shape index (κ3) is 2.39. The lowest BCUT2D eigenvalue weighted by atomic mass is 9.76. The third-order valence-electron chi connectivity index (χ3n) is 4.89. The molecule has 1 aromatic rings. The minimum Gasteiger partial charge on any atom is -0.469 e. The molecule has 2 bridgehead atoms. The number of carbonyl (C=O) groups is 3. The van der Waals surface area contributed by atoms with Crippen molar-refractivity contribution < 1.29 is 23.9 Å². The van der Waals surface area contributed by atoms with Crippen molar-refractivity contribution in [1.29, 1.82) is 0 Å². The molecular weight excluding hydrogens is 312 g/mol. The zero-order chi connectivity index (χ0) is 17.8. The molecular formula is C17H22N2O5. The van der Waals surface area contributed by atoms with Gasteiger partial charge in [-0.3, -0.25) is 9.59 Å². The van der Waals surface area contributed by atoms with Gasteiger partial charge in [0.15, 0.2) is 0 Å². The van der Waals surface area contributed by atoms with Crippen LogP contribution in [0.25, 0.3) is 0 Å². The molecule has 7 nitrogen and oxygen atoms in total. The number of methoxy groups -OCH3 is 1. The van der Waals surface area contributed by atoms with Gasteiger partial charge in [-0.05, 0) is 44.2 Å². The van der Waals surface area contributed by atoms with Crippen molar-refractivity contribution in [3.8, 4) is 0 Å². The van der Waals surface area contributed by atoms with Crippen LogP contribution in [0.15, 0.2) is 6.20 Å². The molecule has 0 spiro atoms. The Morgan fingerprint density at radius 3 is 2.42 bits per heavy atom. The summed E-state index contributed by atoms with van der Waals surface area (Å²) in [6, 6.07) is 0. The molecule has 3 N–H and O–H groups in total. The quantitative estimate of drug-likeness (QED) is 0.813. The van der Waals surface area contributed by atoms with E-state index >= 15 is 0 Å². The fourth-order valence-electron chi connectivity index (χ4n) is 4.16. The van der Waals surface area contributed by atoms with Crippen LogP contribution in [0, 0.1) is 11.8 Å². The molecule has 1 fully saturated rings. The first-order valence-corrected chi connectivity index (χ1v) is 7.97. The van der Waals surface area contributed by atoms with Gasteiger partial charge in [0.25, 0.3) is 0 Å². The molecule has 0 radical (unpaired) electrons. The number of aromatic amines is 1. The van der Waals surface area contributed by atoms with E-state index in [2.05, 4.69) is 4.98 Å². The summed E-state index contributed by atoms with van der Waals surface area (Å²) < 4.78 is 10.3. The SMILES string of the molecule is COC(=O)[C@H]1[C@H](C(N)=O)[C@@H]2C[C@H]1c1c2c[nH]c1C(=O)OC(C)(C)C. The summed E-state index contributed by atoms with van der Waals surface area (Å²) in [6.07, 6.45) is 2.34. The number of nitrogens with two attached hydrogens (primary N) is 1. The highest BCUT2D eigenvalue weighted by Gasteiger charge is 2.58. The Kier molecular flexibility index (Phi) is 3.69. The summed E-state index contributed by atoms with van der Waals surface area (Å²) >= 11 is 0. The van der Waals surface area contributed by atoms with E-state index in [1.54, 1.807) is 27.0 Å². The summed E-state index contributed by atoms with van der Waals surface area (Å²) in [5.74, 6) is -3.12. The number of nitrogens with one attached hydrogen (secondary N) is 1. The average Bonchev–Trinajstić information content (AvgIpc) is 3.13. The van der Waals surface area contributed by atoms with Crippen molar-refractivity contribution in [2.24, 2.45) is 17.6 Å². The normalized spacial score (nSPS) is 27.7. The summed E-state index contributed by atoms with van der Waals surface area (Å²) in [6.45, 7) is 5.38. The number of primary amides is 1. The molecule has 0 aliphatic heterocycles. The highest BCUT2D eigenvalue weighted by Crippen LogP contribution is 2.60. The van der Waals surface area contributed by atoms with Gasteiger partial charge in [-0.2, -0.15) is 0 Å². The second-order valence-electron chi connectivity index (χ2n) is 7.46. The first-order chi connectivity index (χ1) is 11.2. The lowest BCUT2D eigenvalue weighted by molar-refractivity contribution is -0.149. The van der Waals surface area contributed by atoms with E-state index in [-0.39, 0.29) is 11.8 Å². The molecule has 7 heteroatoms. The van der Waals surface area contributed by atoms with E-state index in [4.69, 9.17) is 15.2 Å². The topological polar surface area (TPSA) is 111 Å². The lowest BCUT2D eigenvalue weighted by Gasteiger charge is -2.27. The van der Waals surface area contributed by atoms with E-state index in [1.807, 2.05) is 0 Å². The Hall–Kier alpha value is -2.31. The van der Waals surface area contributed by atoms with Gasteiger partial charge in [0.1, 0.15) is 11.3 Å². The fraction of sp³-hybridized carbons (Fsp3) is 0.588. The van der Waals surface area contributed by atoms with Crippen LogP contribution in [0.2, 0.25) is 0 Å². The smallest absolute Gasteiger partial charge is 0.355 e. The Morgan fingerprint density at radius 2 is 1.88 bits per heavy atom. The van der Waals surface area contributed by atoms with E-state index in [0.717, 1.165) is 11.1 Å². The van der Waals surface area contributed by atoms with Gasteiger partial charge in [-0.25, -0.2) is 4.79 Å². The van der Waals surface area contributed by atoms with Gasteiger partial charge in [-0.1, -0.05) is 0 Å². The van der Waals surface area contributed by atoms with Crippen molar-refractivity contribution in [2.45, 2.75) is 44.6 Å². The molecule has 2 aliphatic carbocycles. The van der Waals surface area contributed by atoms with Crippen LogP contribution < -0.4 is 5.73 Å². The number of esters is 2. The molecule has 130 valence electrons. The van der Waals surface area contributed by atoms with Crippen LogP contribution in [0.5, 0.6) is 0 Å². The molecule has 1 amide bonds. The van der Waals surface area contributed by atoms with Gasteiger partial charge < -0.3 is 20.2 Å². The number of rotatable bonds is 3. The van der Waals surface area contributed by atoms with E-state index in [1.165, 1.54) is 7.11 Å². The largest absolute Gasteiger partial charge is 0.469 e. The summed E-state index contributed by atoms with van der Waals surface area (Å²) in [4.78, 5) is 39.5. The second-order valence-corrected chi connectivity index (χ2v) is 7.46. The Morgan fingerprint density at radius 1 is 1.21 bits per heavy atom. The molecule has 1 heterocycles. The number of fused-ring (bicyclic) bond motifs is 5. The van der Waals surface area contributed by atoms with E-state index in [9.17, 15) is 14.4 Å². The van der Waals surface area contributed by atoms with Gasteiger partial charge >= 0.3 is 11.9 Å². The summed E-state index contributed by atoms with van der Waals surface area (Å²) in [5.41, 5.74) is 6.90. The summed E-state index contributed by atoms with van der Waals surface area (Å²) in [5, 5.41) is 0. The van der Waals surface area contributed by atoms with Crippen LogP contribution in [-0.4, -0.2) is 35.5 Å². The number of H-pyrrole nitrogens is 1. The maximum Gasteiger partial charge on any atom is 0.355 e. The summed E-state index contributed by atoms with van der Waals surface area (Å²) in [7, 11) is 1.29. The minimum absolute atomic E-state index is 0.168. The lowest BCUT2D eigenvalue weighted by Crippen LogP contribution is -2.38. The maximum absolute atomic E-state index is 12.5. The highest BCUT2D eigenvalue weighted by atomic mass is 16.6. The van der Waals surface area contributed by atoms with Gasteiger partial charge in [-0.15, -0.1) is 0 Å². The molecule has 3 rings (SSSR count). The first kappa shape index (κ1) is 16.5. The zero-order valence-corrected chi connectivity index (χ0v) is 14.2. The predicted molar refractivity (Wildman–Crippen MR) is 84.3 cm³/mol. The number of carbonyl (C=O) groups excluding carboxylic acids is 3. The maximum atomic E-state index is 12.5. The average molecular weight is 334 g/mol. The molecule has 0 unspecified atom stereocenters. The number of aromatic nitrogens is 1. The standard InChI is InChI=1S/C17H22N2O5/c1-17(2,3)24-16(22)13-10-8-5-7(9(10)6-19-13)11(14(18)20)12(8)15(21)23-4/h6-8,11-12,19H,5H2,1-4H3,(H2,18,20)/t7-,8+,11-,12-/m1/s1. The molecule has 2 aliphatic rings. The molecule has 4 atom stereocenters. The number of ether oxygens (including phenoxy) is 2. The van der Waals surface area contributed by atoms with Crippen LogP contribution in [0.4, 0.5) is 0 Å². The van der Waals surface area contributed by atoms with Crippen molar-refractivity contribution in [3.63, 3.8) is 0 Å². The first-order valence-electron chi connectivity index (χ1n) is 7.97. The Bertz CT molecular complexity index is 715. The van der Waals surface area contributed by atoms with Gasteiger partial charge in [0, 0.05) is 12.1 Å². The van der Waals surface area contributed by atoms with Crippen LogP contribution >= 0.6 is 0 Å². The molecule has 1 saturated carbocycles. The second kappa shape index (κ2) is 5.36. The van der Waals surface area contributed by atoms with Gasteiger partial charge in [0.2, 0.25) is 5.91 Å². The number of hydrogen-bond acceptors (Lipinski definition) is 5. The van der Waals surface area contributed by atoms with Gasteiger partial charge in [0.05, 0.1) is 18.9 Å². The number of amides is 1. The molecule has 0 saturated heterocycles. The van der Waals surface area contributed by atoms with E-state index in [0.29, 0.717) is 12.1 Å².